The second-order valence-corrected chi connectivity index (χ2v) is 4.09. The molecule has 3 N–H and O–H groups in total. The summed E-state index contributed by atoms with van der Waals surface area (Å²) in [4.78, 5) is 17.5. The topological polar surface area (TPSA) is 107 Å². The maximum absolute atomic E-state index is 10.4. The van der Waals surface area contributed by atoms with Crippen LogP contribution in [0.4, 0.5) is 11.6 Å². The summed E-state index contributed by atoms with van der Waals surface area (Å²) in [7, 11) is 0. The van der Waals surface area contributed by atoms with Gasteiger partial charge in [-0.05, 0) is 19.3 Å². The summed E-state index contributed by atoms with van der Waals surface area (Å²) < 4.78 is 0. The van der Waals surface area contributed by atoms with Gasteiger partial charge in [0.05, 0.1) is 4.92 Å². The Bertz CT molecular complexity index is 387. The fraction of sp³-hybridized carbons (Fsp3) is 0.556. The summed E-state index contributed by atoms with van der Waals surface area (Å²) in [6.07, 6.45) is 5.50. The number of nitrogens with two attached hydrogens (primary N) is 1. The average molecular weight is 223 g/mol. The molecule has 1 aromatic rings. The Morgan fingerprint density at radius 3 is 2.56 bits per heavy atom. The summed E-state index contributed by atoms with van der Waals surface area (Å²) in [5.74, 6) is 0.377. The van der Waals surface area contributed by atoms with Crippen LogP contribution in [0, 0.1) is 10.1 Å². The van der Waals surface area contributed by atoms with E-state index in [4.69, 9.17) is 5.73 Å². The Morgan fingerprint density at radius 2 is 2.12 bits per heavy atom. The number of nitrogens with one attached hydrogen (secondary N) is 1. The van der Waals surface area contributed by atoms with E-state index in [0.29, 0.717) is 12.5 Å². The number of nitrogens with zero attached hydrogens (tertiary/aromatic N) is 3. The van der Waals surface area contributed by atoms with Gasteiger partial charge in [0.15, 0.2) is 0 Å². The SMILES string of the molecule is NC1(CNc2ncc([N+](=O)[O-])cn2)CCC1. The van der Waals surface area contributed by atoms with Gasteiger partial charge >= 0.3 is 5.69 Å². The number of rotatable bonds is 4. The fourth-order valence-corrected chi connectivity index (χ4v) is 1.57. The van der Waals surface area contributed by atoms with Crippen LogP contribution in [-0.2, 0) is 0 Å². The number of hydrogen-bond donors (Lipinski definition) is 2. The predicted octanol–water partition coefficient (Wildman–Crippen LogP) is 0.678. The zero-order valence-electron chi connectivity index (χ0n) is 8.72. The molecular weight excluding hydrogens is 210 g/mol. The minimum absolute atomic E-state index is 0.114. The number of hydrogen-bond acceptors (Lipinski definition) is 6. The molecule has 0 amide bonds. The van der Waals surface area contributed by atoms with E-state index in [2.05, 4.69) is 15.3 Å². The zero-order valence-corrected chi connectivity index (χ0v) is 8.72. The Morgan fingerprint density at radius 1 is 1.50 bits per heavy atom. The predicted molar refractivity (Wildman–Crippen MR) is 57.9 cm³/mol. The Balaban J connectivity index is 1.92. The van der Waals surface area contributed by atoms with Gasteiger partial charge in [0, 0.05) is 12.1 Å². The lowest BCUT2D eigenvalue weighted by Crippen LogP contribution is -2.52. The normalized spacial score (nSPS) is 17.6. The van der Waals surface area contributed by atoms with Crippen LogP contribution in [-0.4, -0.2) is 27.0 Å². The molecule has 2 rings (SSSR count). The molecule has 0 spiro atoms. The van der Waals surface area contributed by atoms with E-state index in [-0.39, 0.29) is 11.2 Å². The van der Waals surface area contributed by atoms with Crippen molar-refractivity contribution < 1.29 is 4.92 Å². The van der Waals surface area contributed by atoms with Gasteiger partial charge in [0.2, 0.25) is 5.95 Å². The summed E-state index contributed by atoms with van der Waals surface area (Å²) in [5.41, 5.74) is 5.73. The van der Waals surface area contributed by atoms with E-state index in [9.17, 15) is 10.1 Å². The van der Waals surface area contributed by atoms with Gasteiger partial charge in [-0.1, -0.05) is 0 Å². The number of aromatic nitrogens is 2. The van der Waals surface area contributed by atoms with E-state index in [1.165, 1.54) is 12.4 Å². The summed E-state index contributed by atoms with van der Waals surface area (Å²) in [5, 5.41) is 13.4. The maximum Gasteiger partial charge on any atom is 0.305 e. The van der Waals surface area contributed by atoms with Crippen molar-refractivity contribution in [1.82, 2.24) is 9.97 Å². The van der Waals surface area contributed by atoms with E-state index in [1.54, 1.807) is 0 Å². The standard InChI is InChI=1S/C9H13N5O2/c10-9(2-1-3-9)6-13-8-11-4-7(5-12-8)14(15)16/h4-5H,1-3,6,10H2,(H,11,12,13). The first-order valence-electron chi connectivity index (χ1n) is 5.08. The van der Waals surface area contributed by atoms with Crippen LogP contribution in [0.15, 0.2) is 12.4 Å². The minimum atomic E-state index is -0.528. The average Bonchev–Trinajstić information content (AvgIpc) is 2.24. The van der Waals surface area contributed by atoms with Crippen molar-refractivity contribution in [3.63, 3.8) is 0 Å². The third-order valence-corrected chi connectivity index (χ3v) is 2.80. The largest absolute Gasteiger partial charge is 0.352 e. The summed E-state index contributed by atoms with van der Waals surface area (Å²) >= 11 is 0. The van der Waals surface area contributed by atoms with Crippen LogP contribution < -0.4 is 11.1 Å². The molecule has 0 aliphatic heterocycles. The first-order valence-corrected chi connectivity index (χ1v) is 5.08. The van der Waals surface area contributed by atoms with Crippen molar-refractivity contribution in [2.24, 2.45) is 5.73 Å². The minimum Gasteiger partial charge on any atom is -0.352 e. The lowest BCUT2D eigenvalue weighted by molar-refractivity contribution is -0.385. The molecule has 0 unspecified atom stereocenters. The molecular formula is C9H13N5O2. The van der Waals surface area contributed by atoms with Crippen LogP contribution in [0.25, 0.3) is 0 Å². The second-order valence-electron chi connectivity index (χ2n) is 4.09. The van der Waals surface area contributed by atoms with Gasteiger partial charge < -0.3 is 11.1 Å². The van der Waals surface area contributed by atoms with Crippen molar-refractivity contribution in [1.29, 1.82) is 0 Å². The second kappa shape index (κ2) is 4.01. The fourth-order valence-electron chi connectivity index (χ4n) is 1.57. The molecule has 0 aromatic carbocycles. The van der Waals surface area contributed by atoms with Gasteiger partial charge in [-0.3, -0.25) is 10.1 Å². The Hall–Kier alpha value is -1.76. The molecule has 0 bridgehead atoms. The smallest absolute Gasteiger partial charge is 0.305 e. The highest BCUT2D eigenvalue weighted by Gasteiger charge is 2.32. The molecule has 86 valence electrons. The monoisotopic (exact) mass is 223 g/mol. The highest BCUT2D eigenvalue weighted by molar-refractivity contribution is 5.31. The molecule has 0 radical (unpaired) electrons. The maximum atomic E-state index is 10.4. The van der Waals surface area contributed by atoms with Crippen molar-refractivity contribution in [2.75, 3.05) is 11.9 Å². The lowest BCUT2D eigenvalue weighted by atomic mass is 9.78. The van der Waals surface area contributed by atoms with Crippen LogP contribution >= 0.6 is 0 Å². The highest BCUT2D eigenvalue weighted by Crippen LogP contribution is 2.28. The molecule has 16 heavy (non-hydrogen) atoms. The van der Waals surface area contributed by atoms with Gasteiger partial charge in [0.25, 0.3) is 0 Å². The van der Waals surface area contributed by atoms with Crippen molar-refractivity contribution >= 4 is 11.6 Å². The van der Waals surface area contributed by atoms with Crippen LogP contribution in [0.3, 0.4) is 0 Å². The van der Waals surface area contributed by atoms with E-state index in [1.807, 2.05) is 0 Å². The van der Waals surface area contributed by atoms with Crippen molar-refractivity contribution in [3.8, 4) is 0 Å². The quantitative estimate of drug-likeness (QED) is 0.574. The van der Waals surface area contributed by atoms with E-state index in [0.717, 1.165) is 19.3 Å². The number of nitro groups is 1. The molecule has 0 atom stereocenters. The Kier molecular flexibility index (Phi) is 2.69. The first-order chi connectivity index (χ1) is 7.59. The van der Waals surface area contributed by atoms with Gasteiger partial charge in [-0.2, -0.15) is 0 Å². The van der Waals surface area contributed by atoms with Crippen LogP contribution in [0.5, 0.6) is 0 Å². The van der Waals surface area contributed by atoms with E-state index >= 15 is 0 Å². The molecule has 1 aromatic heterocycles. The van der Waals surface area contributed by atoms with Gasteiger partial charge in [0.1, 0.15) is 12.4 Å². The summed E-state index contributed by atoms with van der Waals surface area (Å²) in [6, 6.07) is 0. The molecule has 1 heterocycles. The van der Waals surface area contributed by atoms with Crippen molar-refractivity contribution in [2.45, 2.75) is 24.8 Å². The molecule has 7 heteroatoms. The molecule has 7 nitrogen and oxygen atoms in total. The number of anilines is 1. The van der Waals surface area contributed by atoms with Crippen LogP contribution in [0.2, 0.25) is 0 Å². The first kappa shape index (κ1) is 10.7. The molecule has 1 saturated carbocycles. The summed E-state index contributed by atoms with van der Waals surface area (Å²) in [6.45, 7) is 0.602. The molecule has 1 aliphatic rings. The van der Waals surface area contributed by atoms with Gasteiger partial charge in [-0.25, -0.2) is 9.97 Å². The van der Waals surface area contributed by atoms with Crippen molar-refractivity contribution in [3.05, 3.63) is 22.5 Å². The third-order valence-electron chi connectivity index (χ3n) is 2.80. The van der Waals surface area contributed by atoms with Gasteiger partial charge in [-0.15, -0.1) is 0 Å². The van der Waals surface area contributed by atoms with E-state index < -0.39 is 4.92 Å². The highest BCUT2D eigenvalue weighted by atomic mass is 16.6. The Labute approximate surface area is 92.2 Å². The zero-order chi connectivity index (χ0) is 11.6. The molecule has 1 aliphatic carbocycles. The molecule has 0 saturated heterocycles. The lowest BCUT2D eigenvalue weighted by Gasteiger charge is -2.38. The third kappa shape index (κ3) is 2.25. The van der Waals surface area contributed by atoms with Crippen LogP contribution in [0.1, 0.15) is 19.3 Å². The molecule has 1 fully saturated rings.